The van der Waals surface area contributed by atoms with Crippen molar-refractivity contribution in [3.8, 4) is 11.3 Å². The van der Waals surface area contributed by atoms with Gasteiger partial charge in [-0.15, -0.1) is 0 Å². The van der Waals surface area contributed by atoms with Crippen molar-refractivity contribution in [2.24, 2.45) is 0 Å². The molecule has 0 aliphatic heterocycles. The minimum absolute atomic E-state index is 0.0102. The number of halogens is 1. The molecule has 17 heavy (non-hydrogen) atoms. The Balaban J connectivity index is 2.60. The molecule has 1 N–H and O–H groups in total. The molecular formula is C12H10FNO3. The van der Waals surface area contributed by atoms with Crippen LogP contribution in [0.4, 0.5) is 4.39 Å². The summed E-state index contributed by atoms with van der Waals surface area (Å²) in [5, 5.41) is 12.7. The van der Waals surface area contributed by atoms with Crippen LogP contribution in [0, 0.1) is 19.7 Å². The number of aromatic carboxylic acids is 1. The first-order valence-corrected chi connectivity index (χ1v) is 4.97. The van der Waals surface area contributed by atoms with Crippen molar-refractivity contribution in [1.82, 2.24) is 5.16 Å². The fourth-order valence-corrected chi connectivity index (χ4v) is 1.61. The number of nitrogens with zero attached hydrogens (tertiary/aromatic N) is 1. The minimum Gasteiger partial charge on any atom is -0.477 e. The van der Waals surface area contributed by atoms with Crippen LogP contribution >= 0.6 is 0 Å². The van der Waals surface area contributed by atoms with Gasteiger partial charge in [-0.1, -0.05) is 5.16 Å². The van der Waals surface area contributed by atoms with Gasteiger partial charge in [0.25, 0.3) is 0 Å². The molecule has 2 aromatic rings. The van der Waals surface area contributed by atoms with Gasteiger partial charge >= 0.3 is 5.97 Å². The van der Waals surface area contributed by atoms with Crippen LogP contribution in [-0.4, -0.2) is 16.2 Å². The highest BCUT2D eigenvalue weighted by atomic mass is 19.1. The second kappa shape index (κ2) is 4.01. The summed E-state index contributed by atoms with van der Waals surface area (Å²) >= 11 is 0. The number of benzene rings is 1. The normalized spacial score (nSPS) is 10.5. The Morgan fingerprint density at radius 3 is 2.71 bits per heavy atom. The maximum atomic E-state index is 13.1. The van der Waals surface area contributed by atoms with E-state index in [1.807, 2.05) is 0 Å². The third kappa shape index (κ3) is 1.91. The van der Waals surface area contributed by atoms with Gasteiger partial charge in [-0.3, -0.25) is 0 Å². The molecular weight excluding hydrogens is 225 g/mol. The lowest BCUT2D eigenvalue weighted by molar-refractivity contribution is 0.0696. The molecule has 4 nitrogen and oxygen atoms in total. The summed E-state index contributed by atoms with van der Waals surface area (Å²) < 4.78 is 18.0. The lowest BCUT2D eigenvalue weighted by Crippen LogP contribution is -1.99. The average Bonchev–Trinajstić information content (AvgIpc) is 2.64. The van der Waals surface area contributed by atoms with Crippen molar-refractivity contribution >= 4 is 5.97 Å². The Kier molecular flexibility index (Phi) is 2.67. The highest BCUT2D eigenvalue weighted by Crippen LogP contribution is 2.26. The molecule has 0 aliphatic rings. The highest BCUT2D eigenvalue weighted by molar-refractivity contribution is 5.95. The molecule has 88 valence electrons. The number of hydrogen-bond acceptors (Lipinski definition) is 3. The van der Waals surface area contributed by atoms with Crippen molar-refractivity contribution in [3.63, 3.8) is 0 Å². The van der Waals surface area contributed by atoms with Crippen LogP contribution in [0.5, 0.6) is 0 Å². The van der Waals surface area contributed by atoms with Gasteiger partial charge < -0.3 is 9.63 Å². The number of aryl methyl sites for hydroxylation is 2. The summed E-state index contributed by atoms with van der Waals surface area (Å²) in [6, 6.07) is 4.30. The second-order valence-corrected chi connectivity index (χ2v) is 3.73. The monoisotopic (exact) mass is 235 g/mol. The molecule has 0 fully saturated rings. The van der Waals surface area contributed by atoms with E-state index in [0.29, 0.717) is 11.1 Å². The Morgan fingerprint density at radius 1 is 1.41 bits per heavy atom. The standard InChI is InChI=1S/C12H10FNO3/c1-6-5-8(3-4-9(6)13)11-10(12(15)16)7(2)17-14-11/h3-5H,1-2H3,(H,15,16). The van der Waals surface area contributed by atoms with Gasteiger partial charge in [0.2, 0.25) is 0 Å². The van der Waals surface area contributed by atoms with Crippen LogP contribution in [-0.2, 0) is 0 Å². The third-order valence-electron chi connectivity index (χ3n) is 2.51. The molecule has 0 amide bonds. The van der Waals surface area contributed by atoms with Crippen molar-refractivity contribution in [2.75, 3.05) is 0 Å². The number of rotatable bonds is 2. The predicted molar refractivity (Wildman–Crippen MR) is 58.3 cm³/mol. The van der Waals surface area contributed by atoms with E-state index in [1.165, 1.54) is 19.1 Å². The van der Waals surface area contributed by atoms with Crippen LogP contribution < -0.4 is 0 Å². The number of hydrogen-bond donors (Lipinski definition) is 1. The Labute approximate surface area is 96.7 Å². The largest absolute Gasteiger partial charge is 0.477 e. The van der Waals surface area contributed by atoms with E-state index in [-0.39, 0.29) is 22.8 Å². The molecule has 2 rings (SSSR count). The Bertz CT molecular complexity index is 589. The van der Waals surface area contributed by atoms with Gasteiger partial charge in [0, 0.05) is 5.56 Å². The third-order valence-corrected chi connectivity index (χ3v) is 2.51. The van der Waals surface area contributed by atoms with E-state index in [2.05, 4.69) is 5.16 Å². The quantitative estimate of drug-likeness (QED) is 0.869. The molecule has 0 aliphatic carbocycles. The van der Waals surface area contributed by atoms with Crippen molar-refractivity contribution in [3.05, 3.63) is 40.9 Å². The fraction of sp³-hybridized carbons (Fsp3) is 0.167. The van der Waals surface area contributed by atoms with Crippen molar-refractivity contribution in [1.29, 1.82) is 0 Å². The van der Waals surface area contributed by atoms with E-state index in [9.17, 15) is 9.18 Å². The Hall–Kier alpha value is -2.17. The highest BCUT2D eigenvalue weighted by Gasteiger charge is 2.21. The summed E-state index contributed by atoms with van der Waals surface area (Å²) in [5.41, 5.74) is 1.19. The van der Waals surface area contributed by atoms with E-state index in [0.717, 1.165) is 0 Å². The maximum absolute atomic E-state index is 13.1. The molecule has 0 bridgehead atoms. The van der Waals surface area contributed by atoms with E-state index >= 15 is 0 Å². The lowest BCUT2D eigenvalue weighted by atomic mass is 10.0. The van der Waals surface area contributed by atoms with Gasteiger partial charge in [-0.2, -0.15) is 0 Å². The molecule has 5 heteroatoms. The van der Waals surface area contributed by atoms with Gasteiger partial charge in [0.1, 0.15) is 22.8 Å². The molecule has 0 radical (unpaired) electrons. The number of carbonyl (C=O) groups is 1. The molecule has 1 aromatic heterocycles. The lowest BCUT2D eigenvalue weighted by Gasteiger charge is -2.01. The summed E-state index contributed by atoms with van der Waals surface area (Å²) in [6.45, 7) is 3.13. The van der Waals surface area contributed by atoms with Crippen molar-refractivity contribution < 1.29 is 18.8 Å². The summed E-state index contributed by atoms with van der Waals surface area (Å²) in [4.78, 5) is 11.1. The van der Waals surface area contributed by atoms with Crippen LogP contribution in [0.3, 0.4) is 0 Å². The van der Waals surface area contributed by atoms with E-state index in [4.69, 9.17) is 9.63 Å². The molecule has 1 aromatic carbocycles. The summed E-state index contributed by atoms with van der Waals surface area (Å²) in [6.07, 6.45) is 0. The molecule has 0 saturated carbocycles. The first-order valence-electron chi connectivity index (χ1n) is 4.97. The van der Waals surface area contributed by atoms with Gasteiger partial charge in [-0.25, -0.2) is 9.18 Å². The second-order valence-electron chi connectivity index (χ2n) is 3.73. The Morgan fingerprint density at radius 2 is 2.12 bits per heavy atom. The molecule has 1 heterocycles. The van der Waals surface area contributed by atoms with Gasteiger partial charge in [-0.05, 0) is 37.6 Å². The fourth-order valence-electron chi connectivity index (χ4n) is 1.61. The molecule has 0 spiro atoms. The van der Waals surface area contributed by atoms with E-state index in [1.54, 1.807) is 13.0 Å². The number of carboxylic acid groups (broad SMARTS) is 1. The number of carboxylic acids is 1. The SMILES string of the molecule is Cc1cc(-c2noc(C)c2C(=O)O)ccc1F. The smallest absolute Gasteiger partial charge is 0.341 e. The van der Waals surface area contributed by atoms with Crippen LogP contribution in [0.15, 0.2) is 22.7 Å². The van der Waals surface area contributed by atoms with Crippen molar-refractivity contribution in [2.45, 2.75) is 13.8 Å². The zero-order chi connectivity index (χ0) is 12.6. The summed E-state index contributed by atoms with van der Waals surface area (Å²) in [7, 11) is 0. The average molecular weight is 235 g/mol. The first kappa shape index (κ1) is 11.3. The molecule has 0 unspecified atom stereocenters. The van der Waals surface area contributed by atoms with E-state index < -0.39 is 5.97 Å². The first-order chi connectivity index (χ1) is 8.00. The molecule has 0 saturated heterocycles. The predicted octanol–water partition coefficient (Wildman–Crippen LogP) is 2.80. The van der Waals surface area contributed by atoms with Crippen LogP contribution in [0.2, 0.25) is 0 Å². The van der Waals surface area contributed by atoms with Crippen LogP contribution in [0.1, 0.15) is 21.7 Å². The van der Waals surface area contributed by atoms with Gasteiger partial charge in [0.05, 0.1) is 0 Å². The zero-order valence-electron chi connectivity index (χ0n) is 9.32. The minimum atomic E-state index is -1.11. The summed E-state index contributed by atoms with van der Waals surface area (Å²) in [5.74, 6) is -1.22. The number of aromatic nitrogens is 1. The molecule has 0 atom stereocenters. The van der Waals surface area contributed by atoms with Gasteiger partial charge in [0.15, 0.2) is 0 Å². The zero-order valence-corrected chi connectivity index (χ0v) is 9.32. The maximum Gasteiger partial charge on any atom is 0.341 e. The topological polar surface area (TPSA) is 63.3 Å². The van der Waals surface area contributed by atoms with Crippen LogP contribution in [0.25, 0.3) is 11.3 Å².